The van der Waals surface area contributed by atoms with Gasteiger partial charge in [0.25, 0.3) is 0 Å². The molecule has 1 heterocycles. The van der Waals surface area contributed by atoms with Crippen molar-refractivity contribution in [3.05, 3.63) is 27.8 Å². The number of hydrogen-bond donors (Lipinski definition) is 4. The summed E-state index contributed by atoms with van der Waals surface area (Å²) in [5.74, 6) is -0.424. The van der Waals surface area contributed by atoms with Crippen molar-refractivity contribution in [3.63, 3.8) is 0 Å². The molecule has 0 bridgehead atoms. The summed E-state index contributed by atoms with van der Waals surface area (Å²) >= 11 is 0. The van der Waals surface area contributed by atoms with Gasteiger partial charge in [-0.3, -0.25) is 0 Å². The van der Waals surface area contributed by atoms with Gasteiger partial charge in [0.05, 0.1) is 0 Å². The summed E-state index contributed by atoms with van der Waals surface area (Å²) in [7, 11) is -1.87. The van der Waals surface area contributed by atoms with Crippen LogP contribution in [0.15, 0.2) is 0 Å². The Morgan fingerprint density at radius 2 is 2.00 bits per heavy atom. The molecular formula is C15H22NO5P. The van der Waals surface area contributed by atoms with E-state index in [1.165, 1.54) is 0 Å². The van der Waals surface area contributed by atoms with Crippen LogP contribution in [-0.4, -0.2) is 40.1 Å². The van der Waals surface area contributed by atoms with E-state index in [1.54, 1.807) is 0 Å². The molecule has 0 unspecified atom stereocenters. The molecule has 0 saturated heterocycles. The molecule has 4 N–H and O–H groups in total. The lowest BCUT2D eigenvalue weighted by Gasteiger charge is -2.17. The van der Waals surface area contributed by atoms with Gasteiger partial charge in [-0.2, -0.15) is 0 Å². The number of esters is 1. The van der Waals surface area contributed by atoms with E-state index < -0.39 is 14.3 Å². The number of hydrogen-bond acceptors (Lipinski definition) is 6. The molecule has 1 aliphatic heterocycles. The van der Waals surface area contributed by atoms with Crippen molar-refractivity contribution in [3.8, 4) is 5.75 Å². The number of carbonyl (C=O) groups is 1. The van der Waals surface area contributed by atoms with Gasteiger partial charge < -0.3 is 24.9 Å². The Hall–Kier alpha value is -1.20. The zero-order valence-corrected chi connectivity index (χ0v) is 13.7. The molecule has 6 nitrogen and oxygen atoms in total. The summed E-state index contributed by atoms with van der Waals surface area (Å²) in [6, 6.07) is 0. The molecule has 122 valence electrons. The summed E-state index contributed by atoms with van der Waals surface area (Å²) in [6.45, 7) is 5.31. The molecule has 0 aromatic heterocycles. The monoisotopic (exact) mass is 327 g/mol. The zero-order chi connectivity index (χ0) is 16.3. The number of rotatable bonds is 7. The van der Waals surface area contributed by atoms with Crippen LogP contribution in [0.2, 0.25) is 0 Å². The predicted molar refractivity (Wildman–Crippen MR) is 84.1 cm³/mol. The van der Waals surface area contributed by atoms with Gasteiger partial charge in [-0.25, -0.2) is 4.79 Å². The van der Waals surface area contributed by atoms with Gasteiger partial charge in [-0.05, 0) is 43.0 Å². The first-order valence-electron chi connectivity index (χ1n) is 7.36. The number of aromatic hydroxyl groups is 1. The lowest BCUT2D eigenvalue weighted by Crippen LogP contribution is -2.21. The van der Waals surface area contributed by atoms with Gasteiger partial charge in [-0.15, -0.1) is 0 Å². The van der Waals surface area contributed by atoms with E-state index in [0.717, 1.165) is 28.7 Å². The number of fused-ring (bicyclic) bond motifs is 1. The van der Waals surface area contributed by atoms with Crippen molar-refractivity contribution < 1.29 is 24.4 Å². The molecule has 1 aromatic rings. The SMILES string of the molecule is CCc1c(C)c2c(c(O)c1CCNCCP(O)O)C(=O)OC2. The number of phenolic OH excluding ortho intramolecular Hbond substituents is 1. The van der Waals surface area contributed by atoms with Crippen LogP contribution in [0.4, 0.5) is 0 Å². The Morgan fingerprint density at radius 1 is 1.27 bits per heavy atom. The highest BCUT2D eigenvalue weighted by atomic mass is 31.2. The molecule has 2 rings (SSSR count). The maximum absolute atomic E-state index is 11.8. The Morgan fingerprint density at radius 3 is 2.64 bits per heavy atom. The maximum atomic E-state index is 11.8. The van der Waals surface area contributed by atoms with E-state index in [2.05, 4.69) is 5.32 Å². The van der Waals surface area contributed by atoms with Crippen LogP contribution < -0.4 is 5.32 Å². The van der Waals surface area contributed by atoms with E-state index in [-0.39, 0.29) is 12.4 Å². The van der Waals surface area contributed by atoms with Gasteiger partial charge in [0.2, 0.25) is 0 Å². The molecule has 1 aromatic carbocycles. The molecule has 0 amide bonds. The molecule has 7 heteroatoms. The van der Waals surface area contributed by atoms with Gasteiger partial charge in [0.15, 0.2) is 8.38 Å². The van der Waals surface area contributed by atoms with Crippen molar-refractivity contribution in [2.75, 3.05) is 19.3 Å². The lowest BCUT2D eigenvalue weighted by atomic mass is 9.89. The minimum atomic E-state index is -1.87. The minimum absolute atomic E-state index is 0.0355. The molecule has 0 atom stereocenters. The van der Waals surface area contributed by atoms with Crippen LogP contribution in [0.5, 0.6) is 5.75 Å². The number of nitrogens with one attached hydrogen (secondary N) is 1. The molecule has 0 spiro atoms. The second kappa shape index (κ2) is 7.38. The van der Waals surface area contributed by atoms with Crippen molar-refractivity contribution in [1.82, 2.24) is 5.32 Å². The summed E-state index contributed by atoms with van der Waals surface area (Å²) in [4.78, 5) is 29.5. The number of cyclic esters (lactones) is 1. The highest BCUT2D eigenvalue weighted by molar-refractivity contribution is 7.45. The van der Waals surface area contributed by atoms with E-state index in [9.17, 15) is 9.90 Å². The number of benzene rings is 1. The van der Waals surface area contributed by atoms with Gasteiger partial charge in [-0.1, -0.05) is 6.92 Å². The Balaban J connectivity index is 2.18. The summed E-state index contributed by atoms with van der Waals surface area (Å²) in [5, 5.41) is 13.6. The smallest absolute Gasteiger partial charge is 0.342 e. The van der Waals surface area contributed by atoms with Crippen LogP contribution in [0.1, 0.15) is 39.5 Å². The third-order valence-electron chi connectivity index (χ3n) is 4.04. The third kappa shape index (κ3) is 3.41. The molecule has 22 heavy (non-hydrogen) atoms. The fraction of sp³-hybridized carbons (Fsp3) is 0.533. The first-order chi connectivity index (χ1) is 10.5. The molecule has 0 saturated carbocycles. The maximum Gasteiger partial charge on any atom is 0.342 e. The Labute approximate surface area is 131 Å². The highest BCUT2D eigenvalue weighted by Gasteiger charge is 2.30. The van der Waals surface area contributed by atoms with Crippen LogP contribution in [-0.2, 0) is 24.2 Å². The lowest BCUT2D eigenvalue weighted by molar-refractivity contribution is 0.0533. The van der Waals surface area contributed by atoms with E-state index in [4.69, 9.17) is 14.5 Å². The van der Waals surface area contributed by atoms with Crippen molar-refractivity contribution in [2.24, 2.45) is 0 Å². The summed E-state index contributed by atoms with van der Waals surface area (Å²) in [6.07, 6.45) is 1.66. The van der Waals surface area contributed by atoms with Crippen LogP contribution in [0, 0.1) is 6.92 Å². The average Bonchev–Trinajstić information content (AvgIpc) is 2.86. The topological polar surface area (TPSA) is 99.0 Å². The van der Waals surface area contributed by atoms with E-state index in [0.29, 0.717) is 31.2 Å². The van der Waals surface area contributed by atoms with Crippen LogP contribution in [0.3, 0.4) is 0 Å². The van der Waals surface area contributed by atoms with Crippen LogP contribution >= 0.6 is 8.38 Å². The average molecular weight is 327 g/mol. The Kier molecular flexibility index (Phi) is 5.75. The first-order valence-corrected chi connectivity index (χ1v) is 8.79. The number of ether oxygens (including phenoxy) is 1. The Bertz CT molecular complexity index is 574. The fourth-order valence-corrected chi connectivity index (χ4v) is 3.27. The number of carbonyl (C=O) groups excluding carboxylic acids is 1. The molecular weight excluding hydrogens is 305 g/mol. The van der Waals surface area contributed by atoms with E-state index in [1.807, 2.05) is 13.8 Å². The fourth-order valence-electron chi connectivity index (χ4n) is 2.91. The summed E-state index contributed by atoms with van der Waals surface area (Å²) in [5.41, 5.74) is 3.95. The van der Waals surface area contributed by atoms with Crippen molar-refractivity contribution >= 4 is 14.3 Å². The largest absolute Gasteiger partial charge is 0.507 e. The summed E-state index contributed by atoms with van der Waals surface area (Å²) < 4.78 is 5.04. The van der Waals surface area contributed by atoms with Gasteiger partial charge in [0, 0.05) is 18.3 Å². The third-order valence-corrected chi connectivity index (χ3v) is 4.66. The first kappa shape index (κ1) is 17.2. The minimum Gasteiger partial charge on any atom is -0.507 e. The second-order valence-corrected chi connectivity index (χ2v) is 6.50. The van der Waals surface area contributed by atoms with Crippen LogP contribution in [0.25, 0.3) is 0 Å². The molecule has 1 aliphatic rings. The van der Waals surface area contributed by atoms with Gasteiger partial charge in [0.1, 0.15) is 17.9 Å². The normalized spacial score (nSPS) is 13.6. The molecule has 0 fully saturated rings. The second-order valence-electron chi connectivity index (χ2n) is 5.31. The molecule has 0 aliphatic carbocycles. The molecule has 0 radical (unpaired) electrons. The van der Waals surface area contributed by atoms with E-state index >= 15 is 0 Å². The quantitative estimate of drug-likeness (QED) is 0.343. The van der Waals surface area contributed by atoms with Crippen molar-refractivity contribution in [2.45, 2.75) is 33.3 Å². The van der Waals surface area contributed by atoms with Crippen molar-refractivity contribution in [1.29, 1.82) is 0 Å². The van der Waals surface area contributed by atoms with Gasteiger partial charge >= 0.3 is 5.97 Å². The standard InChI is InChI=1S/C15H22NO5P/c1-3-10-9(2)12-8-21-15(18)13(12)14(17)11(10)4-5-16-6-7-22(19)20/h16-17,19-20H,3-8H2,1-2H3. The highest BCUT2D eigenvalue weighted by Crippen LogP contribution is 2.37. The zero-order valence-electron chi connectivity index (χ0n) is 12.8. The predicted octanol–water partition coefficient (Wildman–Crippen LogP) is 1.36. The number of phenols is 1.